The van der Waals surface area contributed by atoms with Crippen LogP contribution in [0.25, 0.3) is 11.2 Å². The molecule has 180 valence electrons. The lowest BCUT2D eigenvalue weighted by Crippen LogP contribution is -2.35. The van der Waals surface area contributed by atoms with Crippen molar-refractivity contribution in [1.29, 1.82) is 0 Å². The van der Waals surface area contributed by atoms with Crippen LogP contribution in [0.2, 0.25) is 0 Å². The largest absolute Gasteiger partial charge is 0.461 e. The molecule has 1 fully saturated rings. The highest BCUT2D eigenvalue weighted by molar-refractivity contribution is 5.81. The highest BCUT2D eigenvalue weighted by atomic mass is 19.1. The van der Waals surface area contributed by atoms with E-state index in [4.69, 9.17) is 21.6 Å². The molecular formula is C24H34FN5O3. The molecule has 3 unspecified atom stereocenters. The van der Waals surface area contributed by atoms with E-state index in [1.54, 1.807) is 4.57 Å². The Labute approximate surface area is 194 Å². The number of imidazole rings is 1. The van der Waals surface area contributed by atoms with E-state index in [2.05, 4.69) is 34.7 Å². The fraction of sp³-hybridized carbons (Fsp3) is 0.667. The number of carbonyl (C=O) groups is 1. The van der Waals surface area contributed by atoms with Crippen LogP contribution >= 0.6 is 0 Å². The van der Waals surface area contributed by atoms with Crippen LogP contribution < -0.4 is 5.73 Å². The molecule has 0 radical (unpaired) electrons. The monoisotopic (exact) mass is 459 g/mol. The van der Waals surface area contributed by atoms with Crippen molar-refractivity contribution < 1.29 is 18.7 Å². The average molecular weight is 460 g/mol. The molecule has 1 aliphatic rings. The predicted molar refractivity (Wildman–Crippen MR) is 123 cm³/mol. The van der Waals surface area contributed by atoms with Crippen molar-refractivity contribution in [3.05, 3.63) is 12.4 Å². The van der Waals surface area contributed by atoms with Crippen LogP contribution in [0.4, 0.5) is 10.2 Å². The van der Waals surface area contributed by atoms with Crippen molar-refractivity contribution in [1.82, 2.24) is 19.5 Å². The summed E-state index contributed by atoms with van der Waals surface area (Å²) in [6, 6.07) is 0. The Balaban J connectivity index is 1.64. The molecule has 0 amide bonds. The number of nitrogens with two attached hydrogens (primary N) is 1. The van der Waals surface area contributed by atoms with E-state index in [0.29, 0.717) is 18.4 Å². The predicted octanol–water partition coefficient (Wildman–Crippen LogP) is 4.55. The third-order valence-corrected chi connectivity index (χ3v) is 6.24. The molecular weight excluding hydrogens is 425 g/mol. The zero-order valence-corrected chi connectivity index (χ0v) is 19.6. The number of esters is 1. The fourth-order valence-corrected chi connectivity index (χ4v) is 4.26. The van der Waals surface area contributed by atoms with Crippen LogP contribution in [0.1, 0.15) is 84.3 Å². The third kappa shape index (κ3) is 5.99. The summed E-state index contributed by atoms with van der Waals surface area (Å²) in [6.45, 7) is 4.26. The molecule has 2 aromatic rings. The van der Waals surface area contributed by atoms with Gasteiger partial charge in [0.05, 0.1) is 12.2 Å². The summed E-state index contributed by atoms with van der Waals surface area (Å²) in [7, 11) is 0. The van der Waals surface area contributed by atoms with E-state index >= 15 is 0 Å². The summed E-state index contributed by atoms with van der Waals surface area (Å²) >= 11 is 0. The maximum absolute atomic E-state index is 13.7. The number of nitrogen functional groups attached to an aromatic ring is 1. The molecule has 2 aromatic heterocycles. The number of unbranched alkanes of at least 4 members (excludes halogenated alkanes) is 4. The highest BCUT2D eigenvalue weighted by Gasteiger charge is 2.42. The van der Waals surface area contributed by atoms with Crippen molar-refractivity contribution in [3.63, 3.8) is 0 Å². The molecule has 0 saturated carbocycles. The normalized spacial score (nSPS) is 21.2. The van der Waals surface area contributed by atoms with E-state index in [1.807, 2.05) is 0 Å². The summed E-state index contributed by atoms with van der Waals surface area (Å²) in [4.78, 5) is 24.3. The van der Waals surface area contributed by atoms with Gasteiger partial charge >= 0.3 is 12.0 Å². The van der Waals surface area contributed by atoms with Gasteiger partial charge in [-0.2, -0.15) is 14.4 Å². The topological polar surface area (TPSA) is 105 Å². The molecule has 3 rings (SSSR count). The Morgan fingerprint density at radius 2 is 2.09 bits per heavy atom. The van der Waals surface area contributed by atoms with Gasteiger partial charge in [0, 0.05) is 0 Å². The van der Waals surface area contributed by atoms with Gasteiger partial charge in [-0.25, -0.2) is 4.98 Å². The number of hydrogen-bond acceptors (Lipinski definition) is 7. The van der Waals surface area contributed by atoms with Crippen LogP contribution in [0.5, 0.6) is 0 Å². The first-order valence-electron chi connectivity index (χ1n) is 11.9. The number of fused-ring (bicyclic) bond motifs is 1. The molecule has 0 aliphatic carbocycles. The number of nitrogens with zero attached hydrogens (tertiary/aromatic N) is 4. The second-order valence-corrected chi connectivity index (χ2v) is 8.75. The Morgan fingerprint density at radius 3 is 2.82 bits per heavy atom. The minimum Gasteiger partial charge on any atom is -0.461 e. The lowest BCUT2D eigenvalue weighted by Gasteiger charge is -2.25. The first-order valence-corrected chi connectivity index (χ1v) is 11.9. The molecule has 1 saturated heterocycles. The zero-order chi connectivity index (χ0) is 23.8. The number of anilines is 1. The number of halogens is 1. The number of terminal acetylenes is 1. The van der Waals surface area contributed by atoms with Crippen molar-refractivity contribution in [3.8, 4) is 12.3 Å². The summed E-state index contributed by atoms with van der Waals surface area (Å²) in [5.74, 6) is 2.31. The quantitative estimate of drug-likeness (QED) is 0.215. The molecule has 0 aromatic carbocycles. The summed E-state index contributed by atoms with van der Waals surface area (Å²) in [5.41, 5.74) is 5.23. The van der Waals surface area contributed by atoms with Crippen LogP contribution in [0, 0.1) is 24.3 Å². The second-order valence-electron chi connectivity index (χ2n) is 8.75. The van der Waals surface area contributed by atoms with Crippen LogP contribution in [0.3, 0.4) is 0 Å². The lowest BCUT2D eigenvalue weighted by molar-refractivity contribution is -0.157. The van der Waals surface area contributed by atoms with E-state index < -0.39 is 17.9 Å². The Morgan fingerprint density at radius 1 is 1.33 bits per heavy atom. The Hall–Kier alpha value is -2.73. The second kappa shape index (κ2) is 11.4. The lowest BCUT2D eigenvalue weighted by atomic mass is 9.95. The van der Waals surface area contributed by atoms with Crippen LogP contribution in [0.15, 0.2) is 6.33 Å². The molecule has 1 aliphatic heterocycles. The molecule has 0 bridgehead atoms. The van der Waals surface area contributed by atoms with E-state index in [1.165, 1.54) is 12.7 Å². The zero-order valence-electron chi connectivity index (χ0n) is 19.6. The average Bonchev–Trinajstić information content (AvgIpc) is 3.42. The van der Waals surface area contributed by atoms with Crippen LogP contribution in [-0.2, 0) is 14.3 Å². The number of hydrogen-bond donors (Lipinski definition) is 1. The van der Waals surface area contributed by atoms with Gasteiger partial charge in [-0.3, -0.25) is 9.36 Å². The SMILES string of the molecule is C#CC1(COC(=O)C(CCCC)CCCCCC)CCC(n2cnc3c(N)nc(F)nc32)O1. The molecule has 8 nitrogen and oxygen atoms in total. The molecule has 33 heavy (non-hydrogen) atoms. The molecule has 3 atom stereocenters. The van der Waals surface area contributed by atoms with Gasteiger partial charge in [0.2, 0.25) is 0 Å². The highest BCUT2D eigenvalue weighted by Crippen LogP contribution is 2.38. The minimum absolute atomic E-state index is 0.0193. The van der Waals surface area contributed by atoms with Gasteiger partial charge in [0.25, 0.3) is 0 Å². The Kier molecular flexibility index (Phi) is 8.61. The third-order valence-electron chi connectivity index (χ3n) is 6.24. The van der Waals surface area contributed by atoms with Crippen LogP contribution in [-0.4, -0.2) is 37.7 Å². The van der Waals surface area contributed by atoms with Crippen molar-refractivity contribution >= 4 is 23.0 Å². The first-order chi connectivity index (χ1) is 15.9. The Bertz CT molecular complexity index is 988. The minimum atomic E-state index is -1.05. The summed E-state index contributed by atoms with van der Waals surface area (Å²) in [6.07, 6.45) is 15.0. The van der Waals surface area contributed by atoms with Gasteiger partial charge in [0.15, 0.2) is 22.6 Å². The molecule has 2 N–H and O–H groups in total. The summed E-state index contributed by atoms with van der Waals surface area (Å²) in [5, 5.41) is 0. The molecule has 3 heterocycles. The van der Waals surface area contributed by atoms with Gasteiger partial charge in [-0.05, 0) is 25.7 Å². The van der Waals surface area contributed by atoms with E-state index in [-0.39, 0.29) is 30.0 Å². The van der Waals surface area contributed by atoms with Gasteiger partial charge < -0.3 is 15.2 Å². The number of carbonyl (C=O) groups excluding carboxylic acids is 1. The van der Waals surface area contributed by atoms with Crippen molar-refractivity contribution in [2.75, 3.05) is 12.3 Å². The summed E-state index contributed by atoms with van der Waals surface area (Å²) < 4.78 is 27.1. The standard InChI is InChI=1S/C24H34FN5O3/c1-4-7-9-10-12-17(11-8-5-2)22(31)32-15-24(6-3)14-13-18(33-24)30-16-27-19-20(26)28-23(25)29-21(19)30/h3,16-18H,4-5,7-15H2,1-2H3,(H2,26,28,29). The maximum atomic E-state index is 13.7. The maximum Gasteiger partial charge on any atom is 0.312 e. The van der Waals surface area contributed by atoms with Gasteiger partial charge in [0.1, 0.15) is 12.8 Å². The van der Waals surface area contributed by atoms with Gasteiger partial charge in [-0.1, -0.05) is 58.3 Å². The molecule has 9 heteroatoms. The van der Waals surface area contributed by atoms with Crippen molar-refractivity contribution in [2.24, 2.45) is 5.92 Å². The smallest absolute Gasteiger partial charge is 0.312 e. The number of ether oxygens (including phenoxy) is 2. The van der Waals surface area contributed by atoms with Gasteiger partial charge in [-0.15, -0.1) is 6.42 Å². The van der Waals surface area contributed by atoms with Crippen molar-refractivity contribution in [2.45, 2.75) is 89.9 Å². The van der Waals surface area contributed by atoms with E-state index in [9.17, 15) is 9.18 Å². The number of rotatable bonds is 12. The fourth-order valence-electron chi connectivity index (χ4n) is 4.26. The molecule has 0 spiro atoms. The number of aromatic nitrogens is 4. The first kappa shape index (κ1) is 24.9. The van der Waals surface area contributed by atoms with E-state index in [0.717, 1.165) is 44.9 Å².